The summed E-state index contributed by atoms with van der Waals surface area (Å²) in [5.41, 5.74) is 1.06. The third-order valence-electron chi connectivity index (χ3n) is 3.77. The van der Waals surface area contributed by atoms with Crippen molar-refractivity contribution in [1.29, 1.82) is 0 Å². The molecule has 1 aliphatic heterocycles. The SMILES string of the molecule is COc1ccc(COCCC2CCCCN2)c(OC)c1. The van der Waals surface area contributed by atoms with Crippen LogP contribution in [0.4, 0.5) is 0 Å². The van der Waals surface area contributed by atoms with Gasteiger partial charge in [0.25, 0.3) is 0 Å². The van der Waals surface area contributed by atoms with E-state index < -0.39 is 0 Å². The summed E-state index contributed by atoms with van der Waals surface area (Å²) in [7, 11) is 3.33. The lowest BCUT2D eigenvalue weighted by molar-refractivity contribution is 0.106. The summed E-state index contributed by atoms with van der Waals surface area (Å²) in [5, 5.41) is 3.53. The largest absolute Gasteiger partial charge is 0.497 e. The number of methoxy groups -OCH3 is 2. The molecule has 20 heavy (non-hydrogen) atoms. The van der Waals surface area contributed by atoms with E-state index >= 15 is 0 Å². The minimum atomic E-state index is 0.583. The number of piperidine rings is 1. The molecule has 1 aromatic carbocycles. The summed E-state index contributed by atoms with van der Waals surface area (Å²) in [4.78, 5) is 0. The molecule has 2 rings (SSSR count). The Labute approximate surface area is 121 Å². The number of benzene rings is 1. The molecule has 1 heterocycles. The first-order valence-electron chi connectivity index (χ1n) is 7.35. The lowest BCUT2D eigenvalue weighted by atomic mass is 10.0. The van der Waals surface area contributed by atoms with Crippen LogP contribution < -0.4 is 14.8 Å². The molecule has 1 fully saturated rings. The Kier molecular flexibility index (Phi) is 6.15. The van der Waals surface area contributed by atoms with Crippen molar-refractivity contribution in [2.24, 2.45) is 0 Å². The van der Waals surface area contributed by atoms with Crippen LogP contribution in [-0.2, 0) is 11.3 Å². The number of nitrogens with one attached hydrogen (secondary N) is 1. The zero-order valence-corrected chi connectivity index (χ0v) is 12.5. The van der Waals surface area contributed by atoms with Crippen molar-refractivity contribution < 1.29 is 14.2 Å². The van der Waals surface area contributed by atoms with Crippen LogP contribution in [0.25, 0.3) is 0 Å². The standard InChI is InChI=1S/C16H25NO3/c1-18-15-7-6-13(16(11-15)19-2)12-20-10-8-14-5-3-4-9-17-14/h6-7,11,14,17H,3-5,8-10,12H2,1-2H3. The molecular weight excluding hydrogens is 254 g/mol. The van der Waals surface area contributed by atoms with Crippen LogP contribution >= 0.6 is 0 Å². The van der Waals surface area contributed by atoms with Gasteiger partial charge < -0.3 is 19.5 Å². The zero-order chi connectivity index (χ0) is 14.2. The van der Waals surface area contributed by atoms with Gasteiger partial charge in [0.05, 0.1) is 20.8 Å². The fraction of sp³-hybridized carbons (Fsp3) is 0.625. The molecule has 1 atom stereocenters. The number of hydrogen-bond acceptors (Lipinski definition) is 4. The van der Waals surface area contributed by atoms with Gasteiger partial charge >= 0.3 is 0 Å². The van der Waals surface area contributed by atoms with Crippen LogP contribution in [0.15, 0.2) is 18.2 Å². The maximum Gasteiger partial charge on any atom is 0.128 e. The molecule has 4 nitrogen and oxygen atoms in total. The Morgan fingerprint density at radius 3 is 2.80 bits per heavy atom. The average Bonchev–Trinajstić information content (AvgIpc) is 2.52. The van der Waals surface area contributed by atoms with E-state index in [1.807, 2.05) is 18.2 Å². The van der Waals surface area contributed by atoms with E-state index in [2.05, 4.69) is 5.32 Å². The summed E-state index contributed by atoms with van der Waals surface area (Å²) in [6.45, 7) is 2.52. The van der Waals surface area contributed by atoms with Crippen LogP contribution in [0, 0.1) is 0 Å². The minimum absolute atomic E-state index is 0.583. The van der Waals surface area contributed by atoms with Gasteiger partial charge in [-0.1, -0.05) is 6.42 Å². The second kappa shape index (κ2) is 8.12. The molecule has 4 heteroatoms. The fourth-order valence-electron chi connectivity index (χ4n) is 2.55. The predicted molar refractivity (Wildman–Crippen MR) is 79.5 cm³/mol. The first-order chi connectivity index (χ1) is 9.83. The van der Waals surface area contributed by atoms with Gasteiger partial charge in [-0.05, 0) is 37.9 Å². The number of rotatable bonds is 7. The Bertz CT molecular complexity index is 403. The van der Waals surface area contributed by atoms with Crippen LogP contribution in [0.2, 0.25) is 0 Å². The summed E-state index contributed by atoms with van der Waals surface area (Å²) in [5.74, 6) is 1.62. The van der Waals surface area contributed by atoms with Gasteiger partial charge in [-0.15, -0.1) is 0 Å². The molecule has 0 aliphatic carbocycles. The molecule has 112 valence electrons. The summed E-state index contributed by atoms with van der Waals surface area (Å²) in [6, 6.07) is 6.45. The predicted octanol–water partition coefficient (Wildman–Crippen LogP) is 2.75. The molecule has 0 bridgehead atoms. The quantitative estimate of drug-likeness (QED) is 0.779. The molecule has 0 spiro atoms. The topological polar surface area (TPSA) is 39.7 Å². The summed E-state index contributed by atoms with van der Waals surface area (Å²) < 4.78 is 16.3. The second-order valence-corrected chi connectivity index (χ2v) is 5.17. The maximum absolute atomic E-state index is 5.78. The van der Waals surface area contributed by atoms with Crippen molar-refractivity contribution in [1.82, 2.24) is 5.32 Å². The normalized spacial score (nSPS) is 18.8. The molecule has 0 amide bonds. The molecule has 0 saturated carbocycles. The molecule has 0 radical (unpaired) electrons. The van der Waals surface area contributed by atoms with E-state index in [1.165, 1.54) is 19.3 Å². The van der Waals surface area contributed by atoms with E-state index in [0.717, 1.165) is 36.6 Å². The number of ether oxygens (including phenoxy) is 3. The monoisotopic (exact) mass is 279 g/mol. The van der Waals surface area contributed by atoms with Gasteiger partial charge in [0, 0.05) is 24.3 Å². The van der Waals surface area contributed by atoms with Crippen LogP contribution in [0.3, 0.4) is 0 Å². The van der Waals surface area contributed by atoms with Crippen molar-refractivity contribution >= 4 is 0 Å². The zero-order valence-electron chi connectivity index (χ0n) is 12.5. The maximum atomic E-state index is 5.78. The Morgan fingerprint density at radius 1 is 1.20 bits per heavy atom. The Hall–Kier alpha value is -1.26. The van der Waals surface area contributed by atoms with Crippen molar-refractivity contribution in [3.8, 4) is 11.5 Å². The van der Waals surface area contributed by atoms with Crippen LogP contribution in [0.1, 0.15) is 31.2 Å². The van der Waals surface area contributed by atoms with Gasteiger partial charge in [0.1, 0.15) is 11.5 Å². The highest BCUT2D eigenvalue weighted by molar-refractivity contribution is 5.40. The molecule has 0 aromatic heterocycles. The fourth-order valence-corrected chi connectivity index (χ4v) is 2.55. The minimum Gasteiger partial charge on any atom is -0.497 e. The van der Waals surface area contributed by atoms with Crippen LogP contribution in [0.5, 0.6) is 11.5 Å². The molecular formula is C16H25NO3. The Morgan fingerprint density at radius 2 is 2.10 bits per heavy atom. The van der Waals surface area contributed by atoms with Gasteiger partial charge in [0.2, 0.25) is 0 Å². The van der Waals surface area contributed by atoms with Gasteiger partial charge in [-0.2, -0.15) is 0 Å². The third-order valence-corrected chi connectivity index (χ3v) is 3.77. The lowest BCUT2D eigenvalue weighted by Gasteiger charge is -2.23. The molecule has 1 aliphatic rings. The van der Waals surface area contributed by atoms with Gasteiger partial charge in [-0.25, -0.2) is 0 Å². The molecule has 1 unspecified atom stereocenters. The Balaban J connectivity index is 1.75. The highest BCUT2D eigenvalue weighted by Crippen LogP contribution is 2.25. The highest BCUT2D eigenvalue weighted by Gasteiger charge is 2.12. The first-order valence-corrected chi connectivity index (χ1v) is 7.35. The third kappa shape index (κ3) is 4.39. The van der Waals surface area contributed by atoms with E-state index in [4.69, 9.17) is 14.2 Å². The van der Waals surface area contributed by atoms with Crippen molar-refractivity contribution in [3.63, 3.8) is 0 Å². The molecule has 1 aromatic rings. The molecule has 1 saturated heterocycles. The average molecular weight is 279 g/mol. The van der Waals surface area contributed by atoms with E-state index in [1.54, 1.807) is 14.2 Å². The van der Waals surface area contributed by atoms with Crippen LogP contribution in [-0.4, -0.2) is 33.4 Å². The van der Waals surface area contributed by atoms with Gasteiger partial charge in [-0.3, -0.25) is 0 Å². The summed E-state index contributed by atoms with van der Waals surface area (Å²) >= 11 is 0. The van der Waals surface area contributed by atoms with E-state index in [9.17, 15) is 0 Å². The van der Waals surface area contributed by atoms with Crippen molar-refractivity contribution in [3.05, 3.63) is 23.8 Å². The lowest BCUT2D eigenvalue weighted by Crippen LogP contribution is -2.34. The highest BCUT2D eigenvalue weighted by atomic mass is 16.5. The number of hydrogen-bond donors (Lipinski definition) is 1. The molecule has 1 N–H and O–H groups in total. The van der Waals surface area contributed by atoms with Crippen molar-refractivity contribution in [2.75, 3.05) is 27.4 Å². The van der Waals surface area contributed by atoms with Crippen molar-refractivity contribution in [2.45, 2.75) is 38.3 Å². The van der Waals surface area contributed by atoms with E-state index in [0.29, 0.717) is 12.6 Å². The van der Waals surface area contributed by atoms with Gasteiger partial charge in [0.15, 0.2) is 0 Å². The van der Waals surface area contributed by atoms with E-state index in [-0.39, 0.29) is 0 Å². The first kappa shape index (κ1) is 15.1. The summed E-state index contributed by atoms with van der Waals surface area (Å²) in [6.07, 6.45) is 5.00. The smallest absolute Gasteiger partial charge is 0.128 e. The second-order valence-electron chi connectivity index (χ2n) is 5.17.